The average molecular weight is 213 g/mol. The number of alkyl halides is 1. The molecule has 1 nitrogen and oxygen atoms in total. The minimum absolute atomic E-state index is 0.00125. The molecule has 0 aliphatic carbocycles. The van der Waals surface area contributed by atoms with E-state index in [2.05, 4.69) is 28.1 Å². The predicted octanol–water partition coefficient (Wildman–Crippen LogP) is 2.31. The van der Waals surface area contributed by atoms with Crippen molar-refractivity contribution in [3.63, 3.8) is 0 Å². The highest BCUT2D eigenvalue weighted by molar-refractivity contribution is 9.09. The number of hydrogen-bond donors (Lipinski definition) is 0. The Hall–Kier alpha value is -0.340. The lowest BCUT2D eigenvalue weighted by Crippen LogP contribution is -2.09. The molecule has 1 aromatic rings. The van der Waals surface area contributed by atoms with Crippen molar-refractivity contribution in [2.75, 3.05) is 11.9 Å². The third-order valence-corrected chi connectivity index (χ3v) is 2.91. The molecular formula is C9H9BrO. The monoisotopic (exact) mass is 212 g/mol. The van der Waals surface area contributed by atoms with E-state index in [9.17, 15) is 0 Å². The van der Waals surface area contributed by atoms with Gasteiger partial charge in [0, 0.05) is 5.33 Å². The van der Waals surface area contributed by atoms with Crippen LogP contribution in [-0.2, 0) is 10.3 Å². The summed E-state index contributed by atoms with van der Waals surface area (Å²) in [4.78, 5) is 0. The van der Waals surface area contributed by atoms with Crippen molar-refractivity contribution >= 4 is 15.9 Å². The molecule has 0 aromatic heterocycles. The van der Waals surface area contributed by atoms with Crippen LogP contribution in [0.2, 0.25) is 0 Å². The van der Waals surface area contributed by atoms with E-state index in [-0.39, 0.29) is 5.60 Å². The summed E-state index contributed by atoms with van der Waals surface area (Å²) in [5.74, 6) is 0. The van der Waals surface area contributed by atoms with Crippen molar-refractivity contribution in [1.82, 2.24) is 0 Å². The van der Waals surface area contributed by atoms with Gasteiger partial charge in [-0.3, -0.25) is 0 Å². The van der Waals surface area contributed by atoms with Gasteiger partial charge in [-0.2, -0.15) is 0 Å². The molecule has 2 rings (SSSR count). The molecule has 58 valence electrons. The zero-order chi connectivity index (χ0) is 7.73. The fourth-order valence-electron chi connectivity index (χ4n) is 1.15. The topological polar surface area (TPSA) is 12.5 Å². The minimum atomic E-state index is 0.00125. The molecule has 1 aromatic carbocycles. The molecule has 1 saturated heterocycles. The second kappa shape index (κ2) is 2.61. The van der Waals surface area contributed by atoms with Crippen molar-refractivity contribution < 1.29 is 4.74 Å². The highest BCUT2D eigenvalue weighted by Gasteiger charge is 2.45. The van der Waals surface area contributed by atoms with Gasteiger partial charge in [-0.15, -0.1) is 0 Å². The van der Waals surface area contributed by atoms with Gasteiger partial charge in [0.1, 0.15) is 5.60 Å². The summed E-state index contributed by atoms with van der Waals surface area (Å²) in [6, 6.07) is 10.3. The lowest BCUT2D eigenvalue weighted by atomic mass is 10.0. The normalized spacial score (nSPS) is 28.5. The van der Waals surface area contributed by atoms with Gasteiger partial charge in [0.25, 0.3) is 0 Å². The van der Waals surface area contributed by atoms with Crippen LogP contribution in [0.1, 0.15) is 5.56 Å². The highest BCUT2D eigenvalue weighted by Crippen LogP contribution is 2.39. The van der Waals surface area contributed by atoms with Crippen molar-refractivity contribution in [2.45, 2.75) is 5.60 Å². The molecule has 0 N–H and O–H groups in total. The molecule has 11 heavy (non-hydrogen) atoms. The summed E-state index contributed by atoms with van der Waals surface area (Å²) in [5, 5.41) is 0.893. The second-order valence-electron chi connectivity index (χ2n) is 2.78. The number of hydrogen-bond acceptors (Lipinski definition) is 1. The fourth-order valence-corrected chi connectivity index (χ4v) is 1.80. The highest BCUT2D eigenvalue weighted by atomic mass is 79.9. The van der Waals surface area contributed by atoms with Crippen LogP contribution < -0.4 is 0 Å². The van der Waals surface area contributed by atoms with Crippen LogP contribution in [0.4, 0.5) is 0 Å². The summed E-state index contributed by atoms with van der Waals surface area (Å²) < 4.78 is 5.38. The van der Waals surface area contributed by atoms with Crippen molar-refractivity contribution in [3.8, 4) is 0 Å². The van der Waals surface area contributed by atoms with E-state index in [4.69, 9.17) is 4.74 Å². The molecule has 0 saturated carbocycles. The number of epoxide rings is 1. The summed E-state index contributed by atoms with van der Waals surface area (Å²) in [7, 11) is 0. The van der Waals surface area contributed by atoms with Gasteiger partial charge in [-0.25, -0.2) is 0 Å². The van der Waals surface area contributed by atoms with Crippen LogP contribution in [0.5, 0.6) is 0 Å². The molecule has 1 heterocycles. The lowest BCUT2D eigenvalue weighted by molar-refractivity contribution is 0.335. The Labute approximate surface area is 74.5 Å². The maximum absolute atomic E-state index is 5.38. The van der Waals surface area contributed by atoms with Gasteiger partial charge in [-0.1, -0.05) is 46.3 Å². The summed E-state index contributed by atoms with van der Waals surface area (Å²) in [5.41, 5.74) is 1.28. The Bertz CT molecular complexity index is 241. The summed E-state index contributed by atoms with van der Waals surface area (Å²) >= 11 is 3.45. The van der Waals surface area contributed by atoms with E-state index in [1.165, 1.54) is 5.56 Å². The molecule has 0 amide bonds. The molecule has 1 aliphatic rings. The van der Waals surface area contributed by atoms with Crippen LogP contribution in [0, 0.1) is 0 Å². The Kier molecular flexibility index (Phi) is 1.74. The van der Waals surface area contributed by atoms with E-state index < -0.39 is 0 Å². The molecule has 1 aliphatic heterocycles. The Morgan fingerprint density at radius 2 is 2.00 bits per heavy atom. The number of rotatable bonds is 2. The van der Waals surface area contributed by atoms with Crippen molar-refractivity contribution in [1.29, 1.82) is 0 Å². The van der Waals surface area contributed by atoms with E-state index >= 15 is 0 Å². The van der Waals surface area contributed by atoms with E-state index in [1.807, 2.05) is 18.2 Å². The zero-order valence-corrected chi connectivity index (χ0v) is 7.67. The van der Waals surface area contributed by atoms with Crippen molar-refractivity contribution in [2.24, 2.45) is 0 Å². The molecular weight excluding hydrogens is 204 g/mol. The Morgan fingerprint density at radius 3 is 2.45 bits per heavy atom. The SMILES string of the molecule is BrCC1(c2ccccc2)CO1. The van der Waals surface area contributed by atoms with Gasteiger partial charge < -0.3 is 4.74 Å². The molecule has 1 unspecified atom stereocenters. The molecule has 2 heteroatoms. The van der Waals surface area contributed by atoms with E-state index in [0.717, 1.165) is 11.9 Å². The van der Waals surface area contributed by atoms with Gasteiger partial charge in [0.15, 0.2) is 0 Å². The average Bonchev–Trinajstić information content (AvgIpc) is 2.86. The Morgan fingerprint density at radius 1 is 1.36 bits per heavy atom. The minimum Gasteiger partial charge on any atom is -0.364 e. The van der Waals surface area contributed by atoms with E-state index in [0.29, 0.717) is 0 Å². The molecule has 0 spiro atoms. The van der Waals surface area contributed by atoms with Crippen LogP contribution in [0.3, 0.4) is 0 Å². The quantitative estimate of drug-likeness (QED) is 0.542. The first-order chi connectivity index (χ1) is 5.37. The standard InChI is InChI=1S/C9H9BrO/c10-6-9(7-11-9)8-4-2-1-3-5-8/h1-5H,6-7H2. The maximum Gasteiger partial charge on any atom is 0.126 e. The first kappa shape index (κ1) is 7.32. The van der Waals surface area contributed by atoms with Crippen LogP contribution in [-0.4, -0.2) is 11.9 Å². The second-order valence-corrected chi connectivity index (χ2v) is 3.34. The third kappa shape index (κ3) is 1.21. The summed E-state index contributed by atoms with van der Waals surface area (Å²) in [6.45, 7) is 0.849. The zero-order valence-electron chi connectivity index (χ0n) is 6.09. The Balaban J connectivity index is 2.30. The fraction of sp³-hybridized carbons (Fsp3) is 0.333. The van der Waals surface area contributed by atoms with Crippen LogP contribution in [0.15, 0.2) is 30.3 Å². The van der Waals surface area contributed by atoms with Crippen LogP contribution >= 0.6 is 15.9 Å². The van der Waals surface area contributed by atoms with Gasteiger partial charge in [-0.05, 0) is 5.56 Å². The number of benzene rings is 1. The van der Waals surface area contributed by atoms with Crippen LogP contribution in [0.25, 0.3) is 0 Å². The van der Waals surface area contributed by atoms with Gasteiger partial charge in [0.05, 0.1) is 6.61 Å². The van der Waals surface area contributed by atoms with Crippen molar-refractivity contribution in [3.05, 3.63) is 35.9 Å². The largest absolute Gasteiger partial charge is 0.364 e. The number of ether oxygens (including phenoxy) is 1. The predicted molar refractivity (Wildman–Crippen MR) is 47.9 cm³/mol. The van der Waals surface area contributed by atoms with Gasteiger partial charge >= 0.3 is 0 Å². The van der Waals surface area contributed by atoms with Gasteiger partial charge in [0.2, 0.25) is 0 Å². The molecule has 0 bridgehead atoms. The lowest BCUT2D eigenvalue weighted by Gasteiger charge is -2.06. The molecule has 1 atom stereocenters. The molecule has 0 radical (unpaired) electrons. The molecule has 1 fully saturated rings. The van der Waals surface area contributed by atoms with E-state index in [1.54, 1.807) is 0 Å². The maximum atomic E-state index is 5.38. The third-order valence-electron chi connectivity index (χ3n) is 2.01. The number of halogens is 1. The first-order valence-corrected chi connectivity index (χ1v) is 4.75. The summed E-state index contributed by atoms with van der Waals surface area (Å²) in [6.07, 6.45) is 0. The first-order valence-electron chi connectivity index (χ1n) is 3.63. The smallest absolute Gasteiger partial charge is 0.126 e.